The topological polar surface area (TPSA) is 46.0 Å². The summed E-state index contributed by atoms with van der Waals surface area (Å²) in [5.41, 5.74) is 2.31. The first kappa shape index (κ1) is 13.0. The van der Waals surface area contributed by atoms with E-state index in [0.717, 1.165) is 23.9 Å². The molecule has 0 aliphatic carbocycles. The van der Waals surface area contributed by atoms with Crippen LogP contribution in [-0.2, 0) is 20.1 Å². The molecule has 0 aliphatic heterocycles. The van der Waals surface area contributed by atoms with E-state index in [-0.39, 0.29) is 0 Å². The maximum atomic E-state index is 4.61. The molecule has 0 aromatic carbocycles. The van der Waals surface area contributed by atoms with Crippen molar-refractivity contribution in [1.82, 2.24) is 20.1 Å². The molecule has 2 rings (SSSR count). The maximum absolute atomic E-state index is 4.61. The highest BCUT2D eigenvalue weighted by molar-refractivity contribution is 7.15. The van der Waals surface area contributed by atoms with Crippen LogP contribution in [0.25, 0.3) is 0 Å². The Morgan fingerprint density at radius 2 is 2.28 bits per heavy atom. The van der Waals surface area contributed by atoms with Crippen LogP contribution in [0.5, 0.6) is 0 Å². The molecule has 0 aliphatic rings. The van der Waals surface area contributed by atoms with Crippen LogP contribution < -0.4 is 10.2 Å². The molecule has 1 N–H and O–H groups in total. The van der Waals surface area contributed by atoms with Gasteiger partial charge >= 0.3 is 0 Å². The van der Waals surface area contributed by atoms with Crippen LogP contribution in [0.1, 0.15) is 16.1 Å². The molecular formula is C12H19N5S. The predicted octanol–water partition coefficient (Wildman–Crippen LogP) is 1.54. The van der Waals surface area contributed by atoms with Crippen LogP contribution in [0.4, 0.5) is 5.13 Å². The van der Waals surface area contributed by atoms with Gasteiger partial charge in [0.25, 0.3) is 0 Å². The maximum Gasteiger partial charge on any atom is 0.185 e. The summed E-state index contributed by atoms with van der Waals surface area (Å²) in [5.74, 6) is 0. The van der Waals surface area contributed by atoms with Gasteiger partial charge in [-0.2, -0.15) is 5.10 Å². The molecule has 0 unspecified atom stereocenters. The number of anilines is 1. The number of hydrogen-bond acceptors (Lipinski definition) is 5. The van der Waals surface area contributed by atoms with Crippen molar-refractivity contribution >= 4 is 16.5 Å². The first-order valence-corrected chi connectivity index (χ1v) is 6.71. The van der Waals surface area contributed by atoms with Gasteiger partial charge in [-0.05, 0) is 14.0 Å². The number of thiazole rings is 1. The highest BCUT2D eigenvalue weighted by Crippen LogP contribution is 2.26. The number of aromatic nitrogens is 3. The molecule has 2 aromatic heterocycles. The highest BCUT2D eigenvalue weighted by atomic mass is 32.1. The van der Waals surface area contributed by atoms with Crippen LogP contribution >= 0.6 is 11.3 Å². The van der Waals surface area contributed by atoms with E-state index in [1.165, 1.54) is 10.4 Å². The standard InChI is InChI=1S/C12H19N5S/c1-9-11(6-13-2)18-12(15-9)16(3)7-10-5-14-17(4)8-10/h5,8,13H,6-7H2,1-4H3. The summed E-state index contributed by atoms with van der Waals surface area (Å²) in [5, 5.41) is 8.40. The first-order valence-electron chi connectivity index (χ1n) is 5.89. The number of aryl methyl sites for hydroxylation is 2. The van der Waals surface area contributed by atoms with Gasteiger partial charge in [0.05, 0.1) is 11.9 Å². The third kappa shape index (κ3) is 2.88. The molecule has 5 nitrogen and oxygen atoms in total. The SMILES string of the molecule is CNCc1sc(N(C)Cc2cnn(C)c2)nc1C. The second-order valence-electron chi connectivity index (χ2n) is 4.41. The van der Waals surface area contributed by atoms with Gasteiger partial charge in [0.1, 0.15) is 0 Å². The monoisotopic (exact) mass is 265 g/mol. The molecule has 0 radical (unpaired) electrons. The zero-order valence-electron chi connectivity index (χ0n) is 11.3. The van der Waals surface area contributed by atoms with E-state index in [1.807, 2.05) is 31.2 Å². The summed E-state index contributed by atoms with van der Waals surface area (Å²) in [6.45, 7) is 3.77. The third-order valence-corrected chi connectivity index (χ3v) is 4.00. The van der Waals surface area contributed by atoms with Crippen molar-refractivity contribution in [2.75, 3.05) is 19.0 Å². The molecule has 0 saturated carbocycles. The summed E-state index contributed by atoms with van der Waals surface area (Å²) < 4.78 is 1.82. The fourth-order valence-electron chi connectivity index (χ4n) is 1.80. The largest absolute Gasteiger partial charge is 0.347 e. The molecular weight excluding hydrogens is 246 g/mol. The quantitative estimate of drug-likeness (QED) is 0.891. The van der Waals surface area contributed by atoms with E-state index >= 15 is 0 Å². The lowest BCUT2D eigenvalue weighted by Gasteiger charge is -2.13. The molecule has 6 heteroatoms. The van der Waals surface area contributed by atoms with Gasteiger partial charge in [-0.15, -0.1) is 11.3 Å². The molecule has 2 heterocycles. The fraction of sp³-hybridized carbons (Fsp3) is 0.500. The van der Waals surface area contributed by atoms with Gasteiger partial charge in [0.15, 0.2) is 5.13 Å². The summed E-state index contributed by atoms with van der Waals surface area (Å²) in [4.78, 5) is 8.07. The van der Waals surface area contributed by atoms with E-state index in [0.29, 0.717) is 0 Å². The molecule has 18 heavy (non-hydrogen) atoms. The minimum Gasteiger partial charge on any atom is -0.347 e. The molecule has 0 fully saturated rings. The number of hydrogen-bond donors (Lipinski definition) is 1. The molecule has 0 spiro atoms. The van der Waals surface area contributed by atoms with Gasteiger partial charge in [0, 0.05) is 43.8 Å². The Balaban J connectivity index is 2.08. The molecule has 0 amide bonds. The van der Waals surface area contributed by atoms with Crippen molar-refractivity contribution in [3.05, 3.63) is 28.5 Å². The van der Waals surface area contributed by atoms with Gasteiger partial charge in [0.2, 0.25) is 0 Å². The average molecular weight is 265 g/mol. The van der Waals surface area contributed by atoms with Gasteiger partial charge < -0.3 is 10.2 Å². The van der Waals surface area contributed by atoms with Crippen LogP contribution in [-0.4, -0.2) is 28.9 Å². The van der Waals surface area contributed by atoms with Crippen LogP contribution in [0.15, 0.2) is 12.4 Å². The van der Waals surface area contributed by atoms with Gasteiger partial charge in [-0.3, -0.25) is 4.68 Å². The summed E-state index contributed by atoms with van der Waals surface area (Å²) in [6.07, 6.45) is 3.93. The van der Waals surface area contributed by atoms with Crippen molar-refractivity contribution in [1.29, 1.82) is 0 Å². The molecule has 2 aromatic rings. The lowest BCUT2D eigenvalue weighted by molar-refractivity contribution is 0.766. The smallest absolute Gasteiger partial charge is 0.185 e. The summed E-state index contributed by atoms with van der Waals surface area (Å²) in [7, 11) is 5.95. The lowest BCUT2D eigenvalue weighted by atomic mass is 10.3. The Morgan fingerprint density at radius 3 is 2.89 bits per heavy atom. The zero-order valence-corrected chi connectivity index (χ0v) is 12.1. The second-order valence-corrected chi connectivity index (χ2v) is 5.48. The fourth-order valence-corrected chi connectivity index (χ4v) is 2.83. The molecule has 0 atom stereocenters. The third-order valence-electron chi connectivity index (χ3n) is 2.72. The summed E-state index contributed by atoms with van der Waals surface area (Å²) >= 11 is 1.74. The predicted molar refractivity (Wildman–Crippen MR) is 74.9 cm³/mol. The Kier molecular flexibility index (Phi) is 3.98. The Morgan fingerprint density at radius 1 is 1.50 bits per heavy atom. The lowest BCUT2D eigenvalue weighted by Crippen LogP contribution is -2.15. The average Bonchev–Trinajstić information content (AvgIpc) is 2.87. The van der Waals surface area contributed by atoms with Crippen molar-refractivity contribution < 1.29 is 0 Å². The number of rotatable bonds is 5. The first-order chi connectivity index (χ1) is 8.60. The second kappa shape index (κ2) is 5.49. The highest BCUT2D eigenvalue weighted by Gasteiger charge is 2.11. The van der Waals surface area contributed by atoms with Crippen molar-refractivity contribution in [2.45, 2.75) is 20.0 Å². The van der Waals surface area contributed by atoms with Gasteiger partial charge in [-0.1, -0.05) is 0 Å². The normalized spacial score (nSPS) is 10.9. The number of nitrogens with zero attached hydrogens (tertiary/aromatic N) is 4. The van der Waals surface area contributed by atoms with Crippen LogP contribution in [0.2, 0.25) is 0 Å². The Hall–Kier alpha value is -1.40. The molecule has 98 valence electrons. The Labute approximate surface area is 111 Å². The molecule has 0 saturated heterocycles. The number of nitrogens with one attached hydrogen (secondary N) is 1. The minimum atomic E-state index is 0.833. The van der Waals surface area contributed by atoms with E-state index in [2.05, 4.69) is 34.3 Å². The van der Waals surface area contributed by atoms with E-state index in [9.17, 15) is 0 Å². The van der Waals surface area contributed by atoms with Crippen molar-refractivity contribution in [3.8, 4) is 0 Å². The van der Waals surface area contributed by atoms with Gasteiger partial charge in [-0.25, -0.2) is 4.98 Å². The molecule has 0 bridgehead atoms. The van der Waals surface area contributed by atoms with Crippen LogP contribution in [0.3, 0.4) is 0 Å². The van der Waals surface area contributed by atoms with Crippen molar-refractivity contribution in [2.24, 2.45) is 7.05 Å². The van der Waals surface area contributed by atoms with E-state index in [4.69, 9.17) is 0 Å². The van der Waals surface area contributed by atoms with Crippen LogP contribution in [0, 0.1) is 6.92 Å². The van der Waals surface area contributed by atoms with E-state index < -0.39 is 0 Å². The zero-order chi connectivity index (χ0) is 13.1. The van der Waals surface area contributed by atoms with E-state index in [1.54, 1.807) is 11.3 Å². The summed E-state index contributed by atoms with van der Waals surface area (Å²) in [6, 6.07) is 0. The Bertz CT molecular complexity index is 516. The van der Waals surface area contributed by atoms with Crippen molar-refractivity contribution in [3.63, 3.8) is 0 Å². The minimum absolute atomic E-state index is 0.833.